The Morgan fingerprint density at radius 1 is 1.64 bits per heavy atom. The van der Waals surface area contributed by atoms with Gasteiger partial charge in [0.15, 0.2) is 5.82 Å². The average molecular weight is 305 g/mol. The lowest BCUT2D eigenvalue weighted by atomic mass is 10.1. The van der Waals surface area contributed by atoms with Crippen molar-refractivity contribution in [2.24, 2.45) is 0 Å². The number of nitrogens with zero attached hydrogens (tertiary/aromatic N) is 1. The maximum atomic E-state index is 13.3. The van der Waals surface area contributed by atoms with E-state index in [1.165, 1.54) is 19.2 Å². The van der Waals surface area contributed by atoms with Crippen LogP contribution >= 0.6 is 22.6 Å². The maximum absolute atomic E-state index is 13.3. The van der Waals surface area contributed by atoms with E-state index in [9.17, 15) is 9.18 Å². The van der Waals surface area contributed by atoms with Crippen molar-refractivity contribution < 1.29 is 13.9 Å². The Hall–Kier alpha value is -1.16. The Morgan fingerprint density at radius 2 is 2.29 bits per heavy atom. The summed E-state index contributed by atoms with van der Waals surface area (Å²) in [6.07, 6.45) is 0. The lowest BCUT2D eigenvalue weighted by Gasteiger charge is -2.03. The molecule has 1 rings (SSSR count). The quantitative estimate of drug-likeness (QED) is 0.590. The van der Waals surface area contributed by atoms with Gasteiger partial charge in [-0.25, -0.2) is 9.18 Å². The number of ether oxygens (including phenoxy) is 1. The minimum atomic E-state index is -0.711. The summed E-state index contributed by atoms with van der Waals surface area (Å²) in [6.45, 7) is 0. The summed E-state index contributed by atoms with van der Waals surface area (Å²) < 4.78 is 18.0. The van der Waals surface area contributed by atoms with Crippen LogP contribution in [0.25, 0.3) is 0 Å². The van der Waals surface area contributed by atoms with Crippen LogP contribution in [0.15, 0.2) is 12.1 Å². The molecule has 0 N–H and O–H groups in total. The lowest BCUT2D eigenvalue weighted by molar-refractivity contribution is 0.0599. The molecule has 1 aromatic rings. The number of rotatable bonds is 1. The van der Waals surface area contributed by atoms with E-state index in [2.05, 4.69) is 4.74 Å². The van der Waals surface area contributed by atoms with Crippen molar-refractivity contribution >= 4 is 28.6 Å². The van der Waals surface area contributed by atoms with Crippen molar-refractivity contribution in [1.29, 1.82) is 5.26 Å². The zero-order valence-corrected chi connectivity index (χ0v) is 9.33. The third-order valence-corrected chi connectivity index (χ3v) is 2.45. The van der Waals surface area contributed by atoms with Crippen LogP contribution in [-0.2, 0) is 4.74 Å². The third-order valence-electron chi connectivity index (χ3n) is 1.61. The zero-order valence-electron chi connectivity index (χ0n) is 7.17. The molecule has 0 radical (unpaired) electrons. The van der Waals surface area contributed by atoms with Gasteiger partial charge in [-0.3, -0.25) is 0 Å². The van der Waals surface area contributed by atoms with Gasteiger partial charge in [0.1, 0.15) is 11.6 Å². The van der Waals surface area contributed by atoms with E-state index in [1.807, 2.05) is 0 Å². The van der Waals surface area contributed by atoms with Crippen molar-refractivity contribution in [2.45, 2.75) is 0 Å². The molecule has 0 fully saturated rings. The summed E-state index contributed by atoms with van der Waals surface area (Å²) in [4.78, 5) is 11.1. The Labute approximate surface area is 93.6 Å². The summed E-state index contributed by atoms with van der Waals surface area (Å²) in [5, 5.41) is 8.67. The SMILES string of the molecule is COC(=O)c1ccc(I)c(F)c1C#N. The number of carbonyl (C=O) groups excluding carboxylic acids is 1. The van der Waals surface area contributed by atoms with E-state index >= 15 is 0 Å². The van der Waals surface area contributed by atoms with E-state index in [0.717, 1.165) is 0 Å². The highest BCUT2D eigenvalue weighted by Crippen LogP contribution is 2.19. The van der Waals surface area contributed by atoms with Gasteiger partial charge in [-0.1, -0.05) is 0 Å². The molecule has 14 heavy (non-hydrogen) atoms. The number of methoxy groups -OCH3 is 1. The molecule has 0 atom stereocenters. The summed E-state index contributed by atoms with van der Waals surface area (Å²) >= 11 is 1.75. The molecule has 0 bridgehead atoms. The molecule has 72 valence electrons. The van der Waals surface area contributed by atoms with Crippen LogP contribution in [0.5, 0.6) is 0 Å². The molecular formula is C9H5FINO2. The molecule has 0 aliphatic rings. The number of hydrogen-bond acceptors (Lipinski definition) is 3. The highest BCUT2D eigenvalue weighted by molar-refractivity contribution is 14.1. The number of hydrogen-bond donors (Lipinski definition) is 0. The first-order valence-corrected chi connectivity index (χ1v) is 4.66. The molecular weight excluding hydrogens is 300 g/mol. The molecule has 5 heteroatoms. The maximum Gasteiger partial charge on any atom is 0.339 e. The topological polar surface area (TPSA) is 50.1 Å². The van der Waals surface area contributed by atoms with E-state index in [0.29, 0.717) is 3.57 Å². The normalized spacial score (nSPS) is 9.29. The van der Waals surface area contributed by atoms with Gasteiger partial charge >= 0.3 is 5.97 Å². The second-order valence-electron chi connectivity index (χ2n) is 2.39. The Morgan fingerprint density at radius 3 is 2.79 bits per heavy atom. The Kier molecular flexibility index (Phi) is 3.41. The molecule has 0 saturated carbocycles. The lowest BCUT2D eigenvalue weighted by Crippen LogP contribution is -2.06. The molecule has 0 amide bonds. The van der Waals surface area contributed by atoms with Gasteiger partial charge in [0, 0.05) is 0 Å². The summed E-state index contributed by atoms with van der Waals surface area (Å²) in [6, 6.07) is 4.43. The van der Waals surface area contributed by atoms with Crippen molar-refractivity contribution in [3.05, 3.63) is 32.6 Å². The van der Waals surface area contributed by atoms with Gasteiger partial charge in [0.25, 0.3) is 0 Å². The fourth-order valence-corrected chi connectivity index (χ4v) is 1.39. The molecule has 0 heterocycles. The highest BCUT2D eigenvalue weighted by Gasteiger charge is 2.17. The first kappa shape index (κ1) is 10.9. The molecule has 0 aromatic heterocycles. The van der Waals surface area contributed by atoms with E-state index in [1.54, 1.807) is 28.7 Å². The smallest absolute Gasteiger partial charge is 0.339 e. The number of nitriles is 1. The van der Waals surface area contributed by atoms with Gasteiger partial charge in [-0.15, -0.1) is 0 Å². The van der Waals surface area contributed by atoms with Gasteiger partial charge in [-0.2, -0.15) is 5.26 Å². The number of esters is 1. The van der Waals surface area contributed by atoms with Gasteiger partial charge in [-0.05, 0) is 34.7 Å². The van der Waals surface area contributed by atoms with Crippen LogP contribution in [0.2, 0.25) is 0 Å². The molecule has 0 aliphatic carbocycles. The minimum absolute atomic E-state index is 0.0482. The van der Waals surface area contributed by atoms with Crippen LogP contribution in [0.1, 0.15) is 15.9 Å². The number of carbonyl (C=O) groups is 1. The molecule has 0 spiro atoms. The summed E-state index contributed by atoms with van der Waals surface area (Å²) in [5.74, 6) is -1.40. The molecule has 3 nitrogen and oxygen atoms in total. The second-order valence-corrected chi connectivity index (χ2v) is 3.55. The van der Waals surface area contributed by atoms with Crippen LogP contribution in [0, 0.1) is 20.7 Å². The largest absolute Gasteiger partial charge is 0.465 e. The van der Waals surface area contributed by atoms with Gasteiger partial charge < -0.3 is 4.74 Å². The summed E-state index contributed by atoms with van der Waals surface area (Å²) in [7, 11) is 1.18. The number of halogens is 2. The fraction of sp³-hybridized carbons (Fsp3) is 0.111. The van der Waals surface area contributed by atoms with Crippen molar-refractivity contribution in [3.8, 4) is 6.07 Å². The third kappa shape index (κ3) is 1.85. The van der Waals surface area contributed by atoms with Gasteiger partial charge in [0.2, 0.25) is 0 Å². The monoisotopic (exact) mass is 305 g/mol. The Bertz CT molecular complexity index is 426. The minimum Gasteiger partial charge on any atom is -0.465 e. The highest BCUT2D eigenvalue weighted by atomic mass is 127. The van der Waals surface area contributed by atoms with Crippen molar-refractivity contribution in [1.82, 2.24) is 0 Å². The molecule has 0 aliphatic heterocycles. The second kappa shape index (κ2) is 4.37. The van der Waals surface area contributed by atoms with Gasteiger partial charge in [0.05, 0.1) is 16.2 Å². The van der Waals surface area contributed by atoms with Crippen LogP contribution < -0.4 is 0 Å². The fourth-order valence-electron chi connectivity index (χ4n) is 0.940. The van der Waals surface area contributed by atoms with Crippen molar-refractivity contribution in [3.63, 3.8) is 0 Å². The van der Waals surface area contributed by atoms with Crippen LogP contribution in [-0.4, -0.2) is 13.1 Å². The predicted octanol–water partition coefficient (Wildman–Crippen LogP) is 2.09. The van der Waals surface area contributed by atoms with Crippen LogP contribution in [0.4, 0.5) is 4.39 Å². The predicted molar refractivity (Wildman–Crippen MR) is 55.2 cm³/mol. The summed E-state index contributed by atoms with van der Waals surface area (Å²) in [5.41, 5.74) is -0.323. The first-order valence-electron chi connectivity index (χ1n) is 3.58. The Balaban J connectivity index is 3.40. The van der Waals surface area contributed by atoms with E-state index < -0.39 is 11.8 Å². The average Bonchev–Trinajstić information content (AvgIpc) is 2.20. The molecule has 1 aromatic carbocycles. The standard InChI is InChI=1S/C9H5FINO2/c1-14-9(13)5-2-3-7(11)8(10)6(5)4-12/h2-3H,1H3. The molecule has 0 unspecified atom stereocenters. The van der Waals surface area contributed by atoms with Crippen molar-refractivity contribution in [2.75, 3.05) is 7.11 Å². The van der Waals surface area contributed by atoms with Crippen LogP contribution in [0.3, 0.4) is 0 Å². The van der Waals surface area contributed by atoms with E-state index in [4.69, 9.17) is 5.26 Å². The first-order chi connectivity index (χ1) is 6.61. The molecule has 0 saturated heterocycles. The van der Waals surface area contributed by atoms with E-state index in [-0.39, 0.29) is 11.1 Å². The number of benzene rings is 1. The zero-order chi connectivity index (χ0) is 10.7.